The second kappa shape index (κ2) is 6.12. The third-order valence-corrected chi connectivity index (χ3v) is 6.19. The third kappa shape index (κ3) is 2.98. The molecule has 0 radical (unpaired) electrons. The Morgan fingerprint density at radius 1 is 1.12 bits per heavy atom. The first-order chi connectivity index (χ1) is 12.0. The molecule has 1 atom stereocenters. The first-order valence-electron chi connectivity index (χ1n) is 8.19. The summed E-state index contributed by atoms with van der Waals surface area (Å²) in [6, 6.07) is 12.5. The summed E-state index contributed by atoms with van der Waals surface area (Å²) in [5, 5.41) is 8.02. The monoisotopic (exact) mass is 358 g/mol. The summed E-state index contributed by atoms with van der Waals surface area (Å²) in [5.74, 6) is 0.678. The van der Waals surface area contributed by atoms with Crippen molar-refractivity contribution in [3.8, 4) is 0 Å². The highest BCUT2D eigenvalue weighted by Crippen LogP contribution is 2.23. The van der Waals surface area contributed by atoms with Gasteiger partial charge in [0.05, 0.1) is 4.90 Å². The molecule has 1 aromatic heterocycles. The van der Waals surface area contributed by atoms with Gasteiger partial charge in [-0.25, -0.2) is 23.0 Å². The summed E-state index contributed by atoms with van der Waals surface area (Å²) in [6.07, 6.45) is 1.71. The van der Waals surface area contributed by atoms with Gasteiger partial charge in [-0.05, 0) is 24.3 Å². The molecule has 25 heavy (non-hydrogen) atoms. The highest BCUT2D eigenvalue weighted by Gasteiger charge is 2.25. The van der Waals surface area contributed by atoms with E-state index < -0.39 is 10.0 Å². The van der Waals surface area contributed by atoms with Gasteiger partial charge in [-0.3, -0.25) is 4.57 Å². The SMILES string of the molecule is O=c1[nH]nc2n1CCC(NS(=O)(=O)c1cccc3ccccc13)CC2. The molecule has 3 aromatic rings. The quantitative estimate of drug-likeness (QED) is 0.740. The number of nitrogens with one attached hydrogen (secondary N) is 2. The molecule has 0 bridgehead atoms. The summed E-state index contributed by atoms with van der Waals surface area (Å²) in [4.78, 5) is 12.0. The average molecular weight is 358 g/mol. The third-order valence-electron chi connectivity index (χ3n) is 4.62. The standard InChI is InChI=1S/C17H18N4O3S/c22-17-19-18-16-9-8-13(10-11-21(16)17)20-25(23,24)15-7-3-5-12-4-1-2-6-14(12)15/h1-7,13,20H,8-11H2,(H,19,22). The molecular weight excluding hydrogens is 340 g/mol. The van der Waals surface area contributed by atoms with Gasteiger partial charge < -0.3 is 0 Å². The molecule has 130 valence electrons. The number of benzene rings is 2. The normalized spacial score (nSPS) is 18.0. The number of H-pyrrole nitrogens is 1. The first kappa shape index (κ1) is 16.0. The second-order valence-electron chi connectivity index (χ2n) is 6.22. The van der Waals surface area contributed by atoms with E-state index in [2.05, 4.69) is 14.9 Å². The lowest BCUT2D eigenvalue weighted by Gasteiger charge is -2.17. The molecule has 0 fully saturated rings. The summed E-state index contributed by atoms with van der Waals surface area (Å²) < 4.78 is 30.2. The van der Waals surface area contributed by atoms with Crippen LogP contribution in [0.2, 0.25) is 0 Å². The molecule has 1 aliphatic rings. The van der Waals surface area contributed by atoms with Crippen molar-refractivity contribution < 1.29 is 8.42 Å². The summed E-state index contributed by atoms with van der Waals surface area (Å²) in [5.41, 5.74) is -0.243. The summed E-state index contributed by atoms with van der Waals surface area (Å²) in [6.45, 7) is 0.452. The van der Waals surface area contributed by atoms with E-state index in [0.29, 0.717) is 37.0 Å². The van der Waals surface area contributed by atoms with Gasteiger partial charge in [-0.2, -0.15) is 5.10 Å². The molecule has 2 heterocycles. The average Bonchev–Trinajstić information content (AvgIpc) is 2.84. The zero-order valence-corrected chi connectivity index (χ0v) is 14.3. The number of aromatic amines is 1. The van der Waals surface area contributed by atoms with Crippen molar-refractivity contribution in [1.82, 2.24) is 19.5 Å². The van der Waals surface area contributed by atoms with Gasteiger partial charge in [0.15, 0.2) is 0 Å². The van der Waals surface area contributed by atoms with Crippen LogP contribution >= 0.6 is 0 Å². The van der Waals surface area contributed by atoms with E-state index in [1.54, 1.807) is 16.7 Å². The molecule has 0 amide bonds. The van der Waals surface area contributed by atoms with E-state index in [9.17, 15) is 13.2 Å². The second-order valence-corrected chi connectivity index (χ2v) is 7.90. The lowest BCUT2D eigenvalue weighted by Crippen LogP contribution is -2.35. The fourth-order valence-corrected chi connectivity index (χ4v) is 4.87. The van der Waals surface area contributed by atoms with E-state index >= 15 is 0 Å². The van der Waals surface area contributed by atoms with Gasteiger partial charge in [0, 0.05) is 24.4 Å². The predicted molar refractivity (Wildman–Crippen MR) is 93.8 cm³/mol. The minimum atomic E-state index is -3.65. The predicted octanol–water partition coefficient (Wildman–Crippen LogP) is 1.41. The molecule has 1 unspecified atom stereocenters. The lowest BCUT2D eigenvalue weighted by atomic mass is 10.1. The number of fused-ring (bicyclic) bond motifs is 2. The fourth-order valence-electron chi connectivity index (χ4n) is 3.34. The molecule has 0 spiro atoms. The van der Waals surface area contributed by atoms with Crippen LogP contribution in [-0.2, 0) is 23.0 Å². The van der Waals surface area contributed by atoms with Crippen LogP contribution in [0.25, 0.3) is 10.8 Å². The van der Waals surface area contributed by atoms with Crippen molar-refractivity contribution in [1.29, 1.82) is 0 Å². The Bertz CT molecular complexity index is 1080. The van der Waals surface area contributed by atoms with Crippen molar-refractivity contribution in [2.24, 2.45) is 0 Å². The minimum absolute atomic E-state index is 0.231. The van der Waals surface area contributed by atoms with Crippen LogP contribution in [0.5, 0.6) is 0 Å². The largest absolute Gasteiger partial charge is 0.343 e. The molecule has 8 heteroatoms. The van der Waals surface area contributed by atoms with E-state index in [1.807, 2.05) is 30.3 Å². The van der Waals surface area contributed by atoms with E-state index in [0.717, 1.165) is 5.39 Å². The number of rotatable bonds is 3. The van der Waals surface area contributed by atoms with E-state index in [1.165, 1.54) is 0 Å². The smallest absolute Gasteiger partial charge is 0.279 e. The van der Waals surface area contributed by atoms with Crippen LogP contribution in [-0.4, -0.2) is 29.2 Å². The van der Waals surface area contributed by atoms with Crippen LogP contribution in [0.4, 0.5) is 0 Å². The van der Waals surface area contributed by atoms with Crippen LogP contribution in [0, 0.1) is 0 Å². The van der Waals surface area contributed by atoms with Crippen LogP contribution in [0.15, 0.2) is 52.2 Å². The molecule has 2 aromatic carbocycles. The van der Waals surface area contributed by atoms with Crippen LogP contribution in [0.3, 0.4) is 0 Å². The number of hydrogen-bond donors (Lipinski definition) is 2. The molecule has 2 N–H and O–H groups in total. The van der Waals surface area contributed by atoms with Gasteiger partial charge in [-0.1, -0.05) is 36.4 Å². The Kier molecular flexibility index (Phi) is 3.93. The van der Waals surface area contributed by atoms with Gasteiger partial charge in [-0.15, -0.1) is 0 Å². The van der Waals surface area contributed by atoms with Crippen molar-refractivity contribution in [2.75, 3.05) is 0 Å². The highest BCUT2D eigenvalue weighted by molar-refractivity contribution is 7.89. The van der Waals surface area contributed by atoms with E-state index in [-0.39, 0.29) is 16.6 Å². The Morgan fingerprint density at radius 3 is 2.80 bits per heavy atom. The number of aromatic nitrogens is 3. The van der Waals surface area contributed by atoms with Crippen molar-refractivity contribution >= 4 is 20.8 Å². The van der Waals surface area contributed by atoms with Gasteiger partial charge in [0.1, 0.15) is 5.82 Å². The molecule has 4 rings (SSSR count). The molecule has 0 aliphatic carbocycles. The fraction of sp³-hybridized carbons (Fsp3) is 0.294. The zero-order chi connectivity index (χ0) is 17.4. The number of nitrogens with zero attached hydrogens (tertiary/aromatic N) is 2. The van der Waals surface area contributed by atoms with Gasteiger partial charge >= 0.3 is 5.69 Å². The molecule has 1 aliphatic heterocycles. The highest BCUT2D eigenvalue weighted by atomic mass is 32.2. The maximum Gasteiger partial charge on any atom is 0.343 e. The minimum Gasteiger partial charge on any atom is -0.279 e. The molecule has 0 saturated heterocycles. The Labute approximate surface area is 144 Å². The molecular formula is C17H18N4O3S. The van der Waals surface area contributed by atoms with Gasteiger partial charge in [0.25, 0.3) is 0 Å². The number of sulfonamides is 1. The molecule has 0 saturated carbocycles. The van der Waals surface area contributed by atoms with Crippen LogP contribution in [0.1, 0.15) is 18.7 Å². The summed E-state index contributed by atoms with van der Waals surface area (Å²) >= 11 is 0. The van der Waals surface area contributed by atoms with Gasteiger partial charge in [0.2, 0.25) is 10.0 Å². The van der Waals surface area contributed by atoms with E-state index in [4.69, 9.17) is 0 Å². The topological polar surface area (TPSA) is 96.8 Å². The first-order valence-corrected chi connectivity index (χ1v) is 9.67. The maximum atomic E-state index is 12.9. The maximum absolute atomic E-state index is 12.9. The Hall–Kier alpha value is -2.45. The summed E-state index contributed by atoms with van der Waals surface area (Å²) in [7, 11) is -3.65. The Morgan fingerprint density at radius 2 is 1.92 bits per heavy atom. The number of hydrogen-bond acceptors (Lipinski definition) is 4. The van der Waals surface area contributed by atoms with Crippen molar-refractivity contribution in [2.45, 2.75) is 36.7 Å². The van der Waals surface area contributed by atoms with Crippen molar-refractivity contribution in [3.05, 3.63) is 58.8 Å². The van der Waals surface area contributed by atoms with Crippen LogP contribution < -0.4 is 10.4 Å². The Balaban J connectivity index is 1.60. The number of aryl methyl sites for hydroxylation is 1. The molecule has 7 nitrogen and oxygen atoms in total. The van der Waals surface area contributed by atoms with Crippen molar-refractivity contribution in [3.63, 3.8) is 0 Å². The zero-order valence-electron chi connectivity index (χ0n) is 13.5. The lowest BCUT2D eigenvalue weighted by molar-refractivity contribution is 0.494.